The van der Waals surface area contributed by atoms with Gasteiger partial charge in [-0.05, 0) is 23.3 Å². The molecule has 4 rings (SSSR count). The first-order valence-electron chi connectivity index (χ1n) is 8.19. The molecule has 1 aromatic heterocycles. The van der Waals surface area contributed by atoms with Gasteiger partial charge in [0.15, 0.2) is 5.82 Å². The van der Waals surface area contributed by atoms with Crippen LogP contribution in [0, 0.1) is 0 Å². The van der Waals surface area contributed by atoms with Crippen molar-refractivity contribution in [3.05, 3.63) is 84.9 Å². The van der Waals surface area contributed by atoms with E-state index in [2.05, 4.69) is 14.1 Å². The third-order valence-electron chi connectivity index (χ3n) is 3.95. The van der Waals surface area contributed by atoms with Gasteiger partial charge in [0.2, 0.25) is 5.13 Å². The molecular weight excluding hydrogens is 378 g/mol. The van der Waals surface area contributed by atoms with Crippen molar-refractivity contribution >= 4 is 26.7 Å². The molecule has 0 unspecified atom stereocenters. The monoisotopic (exact) mass is 393 g/mol. The Labute approximate surface area is 161 Å². The summed E-state index contributed by atoms with van der Waals surface area (Å²) in [7, 11) is -3.72. The van der Waals surface area contributed by atoms with Gasteiger partial charge in [0.05, 0.1) is 4.90 Å². The highest BCUT2D eigenvalue weighted by Crippen LogP contribution is 2.25. The zero-order valence-corrected chi connectivity index (χ0v) is 15.7. The highest BCUT2D eigenvalue weighted by Gasteiger charge is 2.17. The molecule has 0 amide bonds. The summed E-state index contributed by atoms with van der Waals surface area (Å²) in [5.74, 6) is 0.498. The number of aromatic nitrogens is 2. The van der Waals surface area contributed by atoms with Crippen LogP contribution in [0.1, 0.15) is 0 Å². The van der Waals surface area contributed by atoms with Crippen molar-refractivity contribution < 1.29 is 8.42 Å². The lowest BCUT2D eigenvalue weighted by atomic mass is 10.1. The molecule has 27 heavy (non-hydrogen) atoms. The number of nitrogens with zero attached hydrogens (tertiary/aromatic N) is 2. The molecule has 0 aliphatic rings. The van der Waals surface area contributed by atoms with Gasteiger partial charge in [0, 0.05) is 17.1 Å². The summed E-state index contributed by atoms with van der Waals surface area (Å²) in [5.41, 5.74) is 2.83. The van der Waals surface area contributed by atoms with Crippen molar-refractivity contribution in [2.45, 2.75) is 4.90 Å². The highest BCUT2D eigenvalue weighted by atomic mass is 32.2. The lowest BCUT2D eigenvalue weighted by Crippen LogP contribution is -2.12. The van der Waals surface area contributed by atoms with Crippen LogP contribution in [0.2, 0.25) is 0 Å². The first-order chi connectivity index (χ1) is 13.1. The van der Waals surface area contributed by atoms with E-state index < -0.39 is 10.0 Å². The zero-order valence-electron chi connectivity index (χ0n) is 14.1. The molecule has 0 aliphatic carbocycles. The minimum absolute atomic E-state index is 0.179. The summed E-state index contributed by atoms with van der Waals surface area (Å²) < 4.78 is 32.0. The van der Waals surface area contributed by atoms with Crippen LogP contribution in [0.4, 0.5) is 5.13 Å². The summed E-state index contributed by atoms with van der Waals surface area (Å²) in [6.07, 6.45) is 0. The van der Waals surface area contributed by atoms with Crippen LogP contribution in [0.5, 0.6) is 0 Å². The standard InChI is InChI=1S/C20H15N3O2S2/c24-27(25,18-13-11-16(12-14-18)15-7-3-1-4-8-15)23-20-21-19(22-26-20)17-9-5-2-6-10-17/h1-14H,(H,21,22,23). The predicted molar refractivity (Wildman–Crippen MR) is 108 cm³/mol. The molecule has 1 N–H and O–H groups in total. The molecule has 0 saturated carbocycles. The second-order valence-corrected chi connectivity index (χ2v) is 8.22. The lowest BCUT2D eigenvalue weighted by Gasteiger charge is -2.06. The van der Waals surface area contributed by atoms with Crippen LogP contribution in [-0.2, 0) is 10.0 Å². The quantitative estimate of drug-likeness (QED) is 0.535. The molecule has 0 saturated heterocycles. The summed E-state index contributed by atoms with van der Waals surface area (Å²) in [5, 5.41) is 0.237. The molecule has 7 heteroatoms. The maximum absolute atomic E-state index is 12.6. The number of hydrogen-bond acceptors (Lipinski definition) is 5. The van der Waals surface area contributed by atoms with Crippen LogP contribution >= 0.6 is 11.5 Å². The summed E-state index contributed by atoms with van der Waals surface area (Å²) >= 11 is 1.01. The van der Waals surface area contributed by atoms with Crippen molar-refractivity contribution in [2.24, 2.45) is 0 Å². The van der Waals surface area contributed by atoms with E-state index in [9.17, 15) is 8.42 Å². The number of sulfonamides is 1. The van der Waals surface area contributed by atoms with E-state index in [1.54, 1.807) is 24.3 Å². The van der Waals surface area contributed by atoms with Crippen LogP contribution in [-0.4, -0.2) is 17.8 Å². The Kier molecular flexibility index (Phi) is 4.70. The first-order valence-corrected chi connectivity index (χ1v) is 10.4. The fraction of sp³-hybridized carbons (Fsp3) is 0. The van der Waals surface area contributed by atoms with Gasteiger partial charge in [-0.1, -0.05) is 72.8 Å². The van der Waals surface area contributed by atoms with Gasteiger partial charge in [-0.2, -0.15) is 9.36 Å². The van der Waals surface area contributed by atoms with Crippen LogP contribution in [0.25, 0.3) is 22.5 Å². The molecule has 0 aliphatic heterocycles. The maximum atomic E-state index is 12.6. The van der Waals surface area contributed by atoms with Gasteiger partial charge >= 0.3 is 0 Å². The molecule has 0 fully saturated rings. The van der Waals surface area contributed by atoms with E-state index in [0.717, 1.165) is 28.2 Å². The maximum Gasteiger partial charge on any atom is 0.263 e. The van der Waals surface area contributed by atoms with Crippen LogP contribution in [0.15, 0.2) is 89.8 Å². The molecule has 5 nitrogen and oxygen atoms in total. The second-order valence-electron chi connectivity index (χ2n) is 5.79. The number of nitrogens with one attached hydrogen (secondary N) is 1. The topological polar surface area (TPSA) is 72.0 Å². The Hall–Kier alpha value is -3.03. The summed E-state index contributed by atoms with van der Waals surface area (Å²) in [6.45, 7) is 0. The van der Waals surface area contributed by atoms with E-state index in [0.29, 0.717) is 5.82 Å². The number of benzene rings is 3. The summed E-state index contributed by atoms with van der Waals surface area (Å²) in [6, 6.07) is 26.0. The third kappa shape index (κ3) is 3.89. The Bertz CT molecular complexity index is 1140. The molecule has 134 valence electrons. The molecule has 3 aromatic carbocycles. The van der Waals surface area contributed by atoms with Gasteiger partial charge in [-0.25, -0.2) is 8.42 Å². The van der Waals surface area contributed by atoms with Crippen molar-refractivity contribution in [3.63, 3.8) is 0 Å². The number of hydrogen-bond donors (Lipinski definition) is 1. The molecule has 0 bridgehead atoms. The second kappa shape index (κ2) is 7.30. The third-order valence-corrected chi connectivity index (χ3v) is 6.07. The van der Waals surface area contributed by atoms with Crippen molar-refractivity contribution in [3.8, 4) is 22.5 Å². The van der Waals surface area contributed by atoms with Crippen molar-refractivity contribution in [2.75, 3.05) is 4.72 Å². The first kappa shape index (κ1) is 17.4. The lowest BCUT2D eigenvalue weighted by molar-refractivity contribution is 0.601. The van der Waals surface area contributed by atoms with E-state index in [4.69, 9.17) is 0 Å². The molecular formula is C20H15N3O2S2. The molecule has 1 heterocycles. The average Bonchev–Trinajstić information content (AvgIpc) is 3.17. The predicted octanol–water partition coefficient (Wildman–Crippen LogP) is 4.67. The van der Waals surface area contributed by atoms with E-state index in [1.165, 1.54) is 0 Å². The van der Waals surface area contributed by atoms with Crippen LogP contribution in [0.3, 0.4) is 0 Å². The van der Waals surface area contributed by atoms with Gasteiger partial charge in [0.25, 0.3) is 10.0 Å². The molecule has 0 radical (unpaired) electrons. The van der Waals surface area contributed by atoms with E-state index >= 15 is 0 Å². The van der Waals surface area contributed by atoms with E-state index in [1.807, 2.05) is 60.7 Å². The SMILES string of the molecule is O=S(=O)(Nc1nc(-c2ccccc2)ns1)c1ccc(-c2ccccc2)cc1. The van der Waals surface area contributed by atoms with Crippen molar-refractivity contribution in [1.82, 2.24) is 9.36 Å². The number of anilines is 1. The Balaban J connectivity index is 1.55. The normalized spacial score (nSPS) is 11.3. The van der Waals surface area contributed by atoms with Crippen LogP contribution < -0.4 is 4.72 Å². The fourth-order valence-electron chi connectivity index (χ4n) is 2.60. The molecule has 0 spiro atoms. The smallest absolute Gasteiger partial charge is 0.253 e. The van der Waals surface area contributed by atoms with Gasteiger partial charge in [0.1, 0.15) is 0 Å². The largest absolute Gasteiger partial charge is 0.263 e. The van der Waals surface area contributed by atoms with Gasteiger partial charge in [-0.15, -0.1) is 0 Å². The van der Waals surface area contributed by atoms with E-state index in [-0.39, 0.29) is 10.0 Å². The zero-order chi connectivity index (χ0) is 18.7. The molecule has 0 atom stereocenters. The minimum atomic E-state index is -3.72. The van der Waals surface area contributed by atoms with Gasteiger partial charge < -0.3 is 0 Å². The average molecular weight is 393 g/mol. The molecule has 4 aromatic rings. The summed E-state index contributed by atoms with van der Waals surface area (Å²) in [4.78, 5) is 4.45. The Morgan fingerprint density at radius 3 is 1.89 bits per heavy atom. The Morgan fingerprint density at radius 1 is 0.704 bits per heavy atom. The highest BCUT2D eigenvalue weighted by molar-refractivity contribution is 7.93. The Morgan fingerprint density at radius 2 is 1.26 bits per heavy atom. The van der Waals surface area contributed by atoms with Crippen molar-refractivity contribution in [1.29, 1.82) is 0 Å². The number of rotatable bonds is 5. The minimum Gasteiger partial charge on any atom is -0.253 e. The van der Waals surface area contributed by atoms with Gasteiger partial charge in [-0.3, -0.25) is 4.72 Å². The fourth-order valence-corrected chi connectivity index (χ4v) is 4.41.